The van der Waals surface area contributed by atoms with E-state index in [0.717, 1.165) is 0 Å². The van der Waals surface area contributed by atoms with Crippen LogP contribution in [0, 0.1) is 0 Å². The first-order chi connectivity index (χ1) is 5.09. The summed E-state index contributed by atoms with van der Waals surface area (Å²) in [4.78, 5) is 12.6. The Morgan fingerprint density at radius 1 is 1.91 bits per heavy atom. The summed E-state index contributed by atoms with van der Waals surface area (Å²) in [6.07, 6.45) is -0.228. The zero-order valence-corrected chi connectivity index (χ0v) is 6.66. The van der Waals surface area contributed by atoms with Crippen molar-refractivity contribution < 1.29 is 9.90 Å². The lowest BCUT2D eigenvalue weighted by molar-refractivity contribution is -0.127. The summed E-state index contributed by atoms with van der Waals surface area (Å²) >= 11 is 0. The van der Waals surface area contributed by atoms with E-state index in [0.29, 0.717) is 13.1 Å². The molecule has 4 heteroatoms. The van der Waals surface area contributed by atoms with E-state index in [2.05, 4.69) is 0 Å². The summed E-state index contributed by atoms with van der Waals surface area (Å²) in [6.45, 7) is 2.84. The van der Waals surface area contributed by atoms with Crippen LogP contribution in [0.1, 0.15) is 13.3 Å². The first-order valence-corrected chi connectivity index (χ1v) is 3.81. The van der Waals surface area contributed by atoms with E-state index in [1.54, 1.807) is 4.90 Å². The van der Waals surface area contributed by atoms with Crippen molar-refractivity contribution in [3.05, 3.63) is 0 Å². The zero-order valence-electron chi connectivity index (χ0n) is 6.66. The van der Waals surface area contributed by atoms with Crippen molar-refractivity contribution >= 4 is 5.91 Å². The van der Waals surface area contributed by atoms with Crippen LogP contribution in [0.25, 0.3) is 0 Å². The number of rotatable bonds is 2. The van der Waals surface area contributed by atoms with Crippen molar-refractivity contribution in [2.24, 2.45) is 5.73 Å². The van der Waals surface area contributed by atoms with Gasteiger partial charge in [0.25, 0.3) is 0 Å². The van der Waals surface area contributed by atoms with Crippen molar-refractivity contribution in [1.82, 2.24) is 4.90 Å². The molecule has 0 radical (unpaired) electrons. The maximum absolute atomic E-state index is 11.0. The molecule has 1 rings (SSSR count). The van der Waals surface area contributed by atoms with E-state index in [1.165, 1.54) is 0 Å². The van der Waals surface area contributed by atoms with Crippen molar-refractivity contribution in [1.29, 1.82) is 0 Å². The number of carbonyl (C=O) groups is 1. The summed E-state index contributed by atoms with van der Waals surface area (Å²) in [6, 6.07) is -0.00995. The number of likely N-dealkylation sites (tertiary alicyclic amines) is 1. The van der Waals surface area contributed by atoms with Crippen LogP contribution in [-0.2, 0) is 4.79 Å². The zero-order chi connectivity index (χ0) is 8.43. The molecule has 64 valence electrons. The van der Waals surface area contributed by atoms with Gasteiger partial charge in [0.2, 0.25) is 5.91 Å². The second kappa shape index (κ2) is 3.19. The highest BCUT2D eigenvalue weighted by atomic mass is 16.3. The lowest BCUT2D eigenvalue weighted by Crippen LogP contribution is -2.36. The maximum atomic E-state index is 11.0. The molecule has 0 spiro atoms. The number of amides is 1. The number of nitrogens with zero attached hydrogens (tertiary/aromatic N) is 1. The van der Waals surface area contributed by atoms with E-state index in [9.17, 15) is 4.79 Å². The molecule has 2 atom stereocenters. The summed E-state index contributed by atoms with van der Waals surface area (Å²) in [5.41, 5.74) is 5.50. The molecule has 1 amide bonds. The molecule has 1 heterocycles. The Bertz CT molecular complexity index is 159. The lowest BCUT2D eigenvalue weighted by Gasteiger charge is -2.17. The van der Waals surface area contributed by atoms with Crippen LogP contribution >= 0.6 is 0 Å². The van der Waals surface area contributed by atoms with Gasteiger partial charge in [-0.25, -0.2) is 0 Å². The Morgan fingerprint density at radius 2 is 2.55 bits per heavy atom. The van der Waals surface area contributed by atoms with Crippen LogP contribution in [0.3, 0.4) is 0 Å². The number of aliphatic hydroxyl groups is 1. The van der Waals surface area contributed by atoms with Gasteiger partial charge in [0, 0.05) is 19.1 Å². The largest absolute Gasteiger partial charge is 0.391 e. The predicted molar refractivity (Wildman–Crippen MR) is 40.9 cm³/mol. The SMILES string of the molecule is CC(N)CN1CC(O)CC1=O. The fourth-order valence-corrected chi connectivity index (χ4v) is 1.28. The summed E-state index contributed by atoms with van der Waals surface area (Å²) in [5, 5.41) is 9.08. The Hall–Kier alpha value is -0.610. The molecule has 1 aliphatic rings. The Balaban J connectivity index is 2.41. The maximum Gasteiger partial charge on any atom is 0.225 e. The number of hydrogen-bond donors (Lipinski definition) is 2. The summed E-state index contributed by atoms with van der Waals surface area (Å²) < 4.78 is 0. The third-order valence-corrected chi connectivity index (χ3v) is 1.70. The Morgan fingerprint density at radius 3 is 2.91 bits per heavy atom. The quantitative estimate of drug-likeness (QED) is 0.537. The van der Waals surface area contributed by atoms with Crippen molar-refractivity contribution in [2.75, 3.05) is 13.1 Å². The highest BCUT2D eigenvalue weighted by Crippen LogP contribution is 2.10. The van der Waals surface area contributed by atoms with Gasteiger partial charge >= 0.3 is 0 Å². The second-order valence-corrected chi connectivity index (χ2v) is 3.13. The average molecular weight is 158 g/mol. The Labute approximate surface area is 66.0 Å². The number of β-amino-alcohol motifs (C(OH)–C–C–N with tert-alkyl or cyclic N) is 1. The molecule has 11 heavy (non-hydrogen) atoms. The normalized spacial score (nSPS) is 27.7. The van der Waals surface area contributed by atoms with Gasteiger partial charge in [-0.2, -0.15) is 0 Å². The van der Waals surface area contributed by atoms with Crippen LogP contribution in [0.15, 0.2) is 0 Å². The minimum atomic E-state index is -0.485. The second-order valence-electron chi connectivity index (χ2n) is 3.13. The highest BCUT2D eigenvalue weighted by molar-refractivity contribution is 5.79. The minimum Gasteiger partial charge on any atom is -0.391 e. The predicted octanol–water partition coefficient (Wildman–Crippen LogP) is -1.07. The molecular formula is C7H14N2O2. The van der Waals surface area contributed by atoms with E-state index >= 15 is 0 Å². The van der Waals surface area contributed by atoms with Crippen LogP contribution in [0.5, 0.6) is 0 Å². The lowest BCUT2D eigenvalue weighted by atomic mass is 10.3. The molecule has 2 unspecified atom stereocenters. The number of hydrogen-bond acceptors (Lipinski definition) is 3. The fraction of sp³-hybridized carbons (Fsp3) is 0.857. The van der Waals surface area contributed by atoms with Gasteiger partial charge in [-0.3, -0.25) is 4.79 Å². The topological polar surface area (TPSA) is 66.6 Å². The third kappa shape index (κ3) is 2.17. The molecule has 1 saturated heterocycles. The van der Waals surface area contributed by atoms with Crippen LogP contribution < -0.4 is 5.73 Å². The summed E-state index contributed by atoms with van der Waals surface area (Å²) in [7, 11) is 0. The Kier molecular flexibility index (Phi) is 2.46. The highest BCUT2D eigenvalue weighted by Gasteiger charge is 2.27. The standard InChI is InChI=1S/C7H14N2O2/c1-5(8)3-9-4-6(10)2-7(9)11/h5-6,10H,2-4,8H2,1H3. The van der Waals surface area contributed by atoms with E-state index < -0.39 is 6.10 Å². The van der Waals surface area contributed by atoms with Gasteiger partial charge in [0.15, 0.2) is 0 Å². The van der Waals surface area contributed by atoms with Crippen LogP contribution in [0.4, 0.5) is 0 Å². The summed E-state index contributed by atoms with van der Waals surface area (Å²) in [5.74, 6) is 0.00907. The van der Waals surface area contributed by atoms with E-state index in [-0.39, 0.29) is 18.4 Å². The molecule has 0 aromatic carbocycles. The first kappa shape index (κ1) is 8.49. The smallest absolute Gasteiger partial charge is 0.225 e. The molecule has 1 fully saturated rings. The van der Waals surface area contributed by atoms with Gasteiger partial charge < -0.3 is 15.7 Å². The minimum absolute atomic E-state index is 0.00907. The molecule has 0 aromatic rings. The molecular weight excluding hydrogens is 144 g/mol. The fourth-order valence-electron chi connectivity index (χ4n) is 1.28. The molecule has 4 nitrogen and oxygen atoms in total. The van der Waals surface area contributed by atoms with E-state index in [1.807, 2.05) is 6.92 Å². The van der Waals surface area contributed by atoms with E-state index in [4.69, 9.17) is 10.8 Å². The molecule has 0 bridgehead atoms. The monoisotopic (exact) mass is 158 g/mol. The number of nitrogens with two attached hydrogens (primary N) is 1. The van der Waals surface area contributed by atoms with Crippen molar-refractivity contribution in [3.8, 4) is 0 Å². The first-order valence-electron chi connectivity index (χ1n) is 3.81. The molecule has 0 aliphatic carbocycles. The van der Waals surface area contributed by atoms with Gasteiger partial charge in [0.1, 0.15) is 0 Å². The van der Waals surface area contributed by atoms with Gasteiger partial charge in [-0.15, -0.1) is 0 Å². The van der Waals surface area contributed by atoms with Crippen LogP contribution in [-0.4, -0.2) is 41.1 Å². The number of aliphatic hydroxyl groups excluding tert-OH is 1. The molecule has 3 N–H and O–H groups in total. The van der Waals surface area contributed by atoms with Gasteiger partial charge in [0.05, 0.1) is 12.5 Å². The molecule has 0 aromatic heterocycles. The molecule has 1 aliphatic heterocycles. The molecule has 0 saturated carbocycles. The van der Waals surface area contributed by atoms with Gasteiger partial charge in [-0.05, 0) is 6.92 Å². The van der Waals surface area contributed by atoms with Crippen LogP contribution in [0.2, 0.25) is 0 Å². The van der Waals surface area contributed by atoms with Crippen molar-refractivity contribution in [3.63, 3.8) is 0 Å². The van der Waals surface area contributed by atoms with Crippen molar-refractivity contribution in [2.45, 2.75) is 25.5 Å². The average Bonchev–Trinajstić information content (AvgIpc) is 2.09. The third-order valence-electron chi connectivity index (χ3n) is 1.70. The number of carbonyl (C=O) groups excluding carboxylic acids is 1. The van der Waals surface area contributed by atoms with Gasteiger partial charge in [-0.1, -0.05) is 0 Å².